The molecule has 4 rings (SSSR count). The lowest BCUT2D eigenvalue weighted by Gasteiger charge is -2.30. The first-order valence-electron chi connectivity index (χ1n) is 11.1. The van der Waals surface area contributed by atoms with Gasteiger partial charge in [-0.15, -0.1) is 5.10 Å². The lowest BCUT2D eigenvalue weighted by Crippen LogP contribution is -2.45. The second-order valence-corrected chi connectivity index (χ2v) is 7.81. The minimum Gasteiger partial charge on any atom is -0.497 e. The topological polar surface area (TPSA) is 112 Å². The van der Waals surface area contributed by atoms with Gasteiger partial charge in [0, 0.05) is 20.2 Å². The standard InChI is InChI=1S/C25H27N5O5/c1-33-14-12-26-25(32)24(22-11-6-13-35-22)29(16-18-7-5-8-19(15-18)34-2)23(31)17-30-21-10-4-3-9-20(21)27-28-30/h3-11,13,15,24H,12,14,16-17H2,1-2H3,(H,26,32). The highest BCUT2D eigenvalue weighted by molar-refractivity contribution is 5.88. The van der Waals surface area contributed by atoms with Crippen molar-refractivity contribution in [3.8, 4) is 5.75 Å². The van der Waals surface area contributed by atoms with E-state index < -0.39 is 6.04 Å². The van der Waals surface area contributed by atoms with Crippen molar-refractivity contribution < 1.29 is 23.5 Å². The molecular weight excluding hydrogens is 450 g/mol. The van der Waals surface area contributed by atoms with Gasteiger partial charge in [0.2, 0.25) is 5.91 Å². The Balaban J connectivity index is 1.69. The SMILES string of the molecule is COCCNC(=O)C(c1ccco1)N(Cc1cccc(OC)c1)C(=O)Cn1nnc2ccccc21. The van der Waals surface area contributed by atoms with Crippen molar-refractivity contribution in [1.82, 2.24) is 25.2 Å². The molecule has 0 radical (unpaired) electrons. The predicted molar refractivity (Wildman–Crippen MR) is 127 cm³/mol. The van der Waals surface area contributed by atoms with Gasteiger partial charge in [-0.2, -0.15) is 0 Å². The molecule has 0 aliphatic rings. The molecule has 0 spiro atoms. The molecule has 2 aromatic heterocycles. The summed E-state index contributed by atoms with van der Waals surface area (Å²) in [6.45, 7) is 0.672. The third-order valence-corrected chi connectivity index (χ3v) is 5.49. The number of carbonyl (C=O) groups excluding carboxylic acids is 2. The highest BCUT2D eigenvalue weighted by Gasteiger charge is 2.34. The van der Waals surface area contributed by atoms with Crippen LogP contribution in [0.15, 0.2) is 71.3 Å². The van der Waals surface area contributed by atoms with E-state index in [0.717, 1.165) is 11.1 Å². The zero-order valence-corrected chi connectivity index (χ0v) is 19.6. The molecule has 1 N–H and O–H groups in total. The van der Waals surface area contributed by atoms with Crippen LogP contribution in [-0.2, 0) is 27.4 Å². The van der Waals surface area contributed by atoms with Gasteiger partial charge in [0.05, 0.1) is 25.5 Å². The summed E-state index contributed by atoms with van der Waals surface area (Å²) in [6, 6.07) is 17.1. The maximum Gasteiger partial charge on any atom is 0.250 e. The van der Waals surface area contributed by atoms with Crippen LogP contribution in [0, 0.1) is 0 Å². The van der Waals surface area contributed by atoms with Crippen molar-refractivity contribution in [2.24, 2.45) is 0 Å². The fourth-order valence-corrected chi connectivity index (χ4v) is 3.79. The fraction of sp³-hybridized carbons (Fsp3) is 0.280. The van der Waals surface area contributed by atoms with Crippen LogP contribution >= 0.6 is 0 Å². The molecule has 10 nitrogen and oxygen atoms in total. The zero-order chi connectivity index (χ0) is 24.6. The van der Waals surface area contributed by atoms with Gasteiger partial charge in [0.1, 0.15) is 23.6 Å². The number of benzene rings is 2. The summed E-state index contributed by atoms with van der Waals surface area (Å²) in [5.41, 5.74) is 2.20. The number of amides is 2. The van der Waals surface area contributed by atoms with Crippen LogP contribution in [0.3, 0.4) is 0 Å². The number of aromatic nitrogens is 3. The molecule has 0 aliphatic heterocycles. The third-order valence-electron chi connectivity index (χ3n) is 5.49. The average Bonchev–Trinajstić information content (AvgIpc) is 3.55. The first-order valence-corrected chi connectivity index (χ1v) is 11.1. The van der Waals surface area contributed by atoms with E-state index in [-0.39, 0.29) is 24.9 Å². The summed E-state index contributed by atoms with van der Waals surface area (Å²) in [5.74, 6) is 0.291. The molecule has 35 heavy (non-hydrogen) atoms. The van der Waals surface area contributed by atoms with Crippen LogP contribution in [-0.4, -0.2) is 59.1 Å². The summed E-state index contributed by atoms with van der Waals surface area (Å²) in [5, 5.41) is 11.1. The molecule has 182 valence electrons. The van der Waals surface area contributed by atoms with Crippen LogP contribution in [0.5, 0.6) is 5.75 Å². The van der Waals surface area contributed by atoms with Gasteiger partial charge < -0.3 is 24.1 Å². The van der Waals surface area contributed by atoms with E-state index in [1.807, 2.05) is 48.5 Å². The molecule has 2 heterocycles. The van der Waals surface area contributed by atoms with E-state index in [0.29, 0.717) is 30.2 Å². The minimum atomic E-state index is -1.00. The van der Waals surface area contributed by atoms with E-state index in [4.69, 9.17) is 13.9 Å². The molecular formula is C25H27N5O5. The van der Waals surface area contributed by atoms with Gasteiger partial charge in [-0.3, -0.25) is 9.59 Å². The van der Waals surface area contributed by atoms with E-state index in [9.17, 15) is 9.59 Å². The Bertz CT molecular complexity index is 1270. The number of ether oxygens (including phenoxy) is 2. The van der Waals surface area contributed by atoms with Crippen molar-refractivity contribution >= 4 is 22.8 Å². The Hall–Kier alpha value is -4.18. The first kappa shape index (κ1) is 24.0. The Morgan fingerprint density at radius 1 is 1.11 bits per heavy atom. The van der Waals surface area contributed by atoms with Gasteiger partial charge in [-0.25, -0.2) is 4.68 Å². The number of hydrogen-bond acceptors (Lipinski definition) is 7. The van der Waals surface area contributed by atoms with Crippen LogP contribution < -0.4 is 10.1 Å². The van der Waals surface area contributed by atoms with Crippen LogP contribution in [0.4, 0.5) is 0 Å². The lowest BCUT2D eigenvalue weighted by atomic mass is 10.1. The van der Waals surface area contributed by atoms with E-state index in [1.54, 1.807) is 26.4 Å². The summed E-state index contributed by atoms with van der Waals surface area (Å²) in [4.78, 5) is 28.5. The van der Waals surface area contributed by atoms with Crippen molar-refractivity contribution in [3.63, 3.8) is 0 Å². The fourth-order valence-electron chi connectivity index (χ4n) is 3.79. The van der Waals surface area contributed by atoms with E-state index in [2.05, 4.69) is 15.6 Å². The summed E-state index contributed by atoms with van der Waals surface area (Å²) in [6.07, 6.45) is 1.48. The number of furan rings is 1. The van der Waals surface area contributed by atoms with Gasteiger partial charge >= 0.3 is 0 Å². The lowest BCUT2D eigenvalue weighted by molar-refractivity contribution is -0.143. The minimum absolute atomic E-state index is 0.104. The second-order valence-electron chi connectivity index (χ2n) is 7.81. The molecule has 4 aromatic rings. The van der Waals surface area contributed by atoms with Crippen molar-refractivity contribution in [2.45, 2.75) is 19.1 Å². The number of carbonyl (C=O) groups is 2. The summed E-state index contributed by atoms with van der Waals surface area (Å²) < 4.78 is 17.5. The second kappa shape index (κ2) is 11.3. The molecule has 0 aliphatic carbocycles. The van der Waals surface area contributed by atoms with Gasteiger partial charge in [-0.1, -0.05) is 29.5 Å². The molecule has 10 heteroatoms. The zero-order valence-electron chi connectivity index (χ0n) is 19.6. The number of hydrogen-bond donors (Lipinski definition) is 1. The molecule has 0 saturated heterocycles. The Morgan fingerprint density at radius 3 is 2.74 bits per heavy atom. The van der Waals surface area contributed by atoms with Crippen LogP contribution in [0.2, 0.25) is 0 Å². The number of nitrogens with one attached hydrogen (secondary N) is 1. The number of para-hydroxylation sites is 1. The maximum atomic E-state index is 13.7. The van der Waals surface area contributed by atoms with Crippen LogP contribution in [0.1, 0.15) is 17.4 Å². The molecule has 0 bridgehead atoms. The summed E-state index contributed by atoms with van der Waals surface area (Å²) >= 11 is 0. The Kier molecular flexibility index (Phi) is 7.74. The molecule has 0 fully saturated rings. The third kappa shape index (κ3) is 5.67. The molecule has 1 atom stereocenters. The largest absolute Gasteiger partial charge is 0.497 e. The predicted octanol–water partition coefficient (Wildman–Crippen LogP) is 2.57. The van der Waals surface area contributed by atoms with Crippen molar-refractivity contribution in [1.29, 1.82) is 0 Å². The van der Waals surface area contributed by atoms with E-state index in [1.165, 1.54) is 15.8 Å². The van der Waals surface area contributed by atoms with Crippen molar-refractivity contribution in [3.05, 3.63) is 78.3 Å². The Labute approximate surface area is 202 Å². The monoisotopic (exact) mass is 477 g/mol. The number of rotatable bonds is 11. The highest BCUT2D eigenvalue weighted by atomic mass is 16.5. The van der Waals surface area contributed by atoms with Crippen molar-refractivity contribution in [2.75, 3.05) is 27.4 Å². The Morgan fingerprint density at radius 2 is 1.97 bits per heavy atom. The summed E-state index contributed by atoms with van der Waals surface area (Å²) in [7, 11) is 3.13. The number of methoxy groups -OCH3 is 2. The number of fused-ring (bicyclic) bond motifs is 1. The van der Waals surface area contributed by atoms with Gasteiger partial charge in [0.15, 0.2) is 6.04 Å². The molecule has 2 amide bonds. The van der Waals surface area contributed by atoms with Gasteiger partial charge in [0.25, 0.3) is 5.91 Å². The normalized spacial score (nSPS) is 11.8. The maximum absolute atomic E-state index is 13.7. The average molecular weight is 478 g/mol. The quantitative estimate of drug-likeness (QED) is 0.331. The highest BCUT2D eigenvalue weighted by Crippen LogP contribution is 2.26. The molecule has 1 unspecified atom stereocenters. The van der Waals surface area contributed by atoms with E-state index >= 15 is 0 Å². The molecule has 0 saturated carbocycles. The van der Waals surface area contributed by atoms with Gasteiger partial charge in [-0.05, 0) is 42.0 Å². The molecule has 2 aromatic carbocycles. The first-order chi connectivity index (χ1) is 17.1. The number of nitrogens with zero attached hydrogens (tertiary/aromatic N) is 4. The van der Waals surface area contributed by atoms with Crippen LogP contribution in [0.25, 0.3) is 11.0 Å². The smallest absolute Gasteiger partial charge is 0.250 e.